The predicted octanol–water partition coefficient (Wildman–Crippen LogP) is 3.67. The molecule has 0 aromatic heterocycles. The molecule has 3 N–H and O–H groups in total. The van der Waals surface area contributed by atoms with Gasteiger partial charge >= 0.3 is 0 Å². The van der Waals surface area contributed by atoms with E-state index in [0.29, 0.717) is 24.8 Å². The number of aliphatic hydroxyl groups excluding tert-OH is 1. The van der Waals surface area contributed by atoms with Crippen molar-refractivity contribution in [3.05, 3.63) is 35.9 Å². The number of hydrogen-bond acceptors (Lipinski definition) is 4. The van der Waals surface area contributed by atoms with Gasteiger partial charge in [-0.3, -0.25) is 14.5 Å². The Kier molecular flexibility index (Phi) is 8.54. The number of nitrogens with one attached hydrogen (secondary N) is 2. The highest BCUT2D eigenvalue weighted by atomic mass is 16.3. The summed E-state index contributed by atoms with van der Waals surface area (Å²) < 4.78 is 0. The number of carbonyl (C=O) groups is 2. The summed E-state index contributed by atoms with van der Waals surface area (Å²) in [4.78, 5) is 28.4. The fourth-order valence-electron chi connectivity index (χ4n) is 6.12. The zero-order valence-electron chi connectivity index (χ0n) is 21.8. The summed E-state index contributed by atoms with van der Waals surface area (Å²) >= 11 is 0. The van der Waals surface area contributed by atoms with Crippen molar-refractivity contribution < 1.29 is 14.7 Å². The quantitative estimate of drug-likeness (QED) is 0.527. The first-order valence-electron chi connectivity index (χ1n) is 13.8. The minimum Gasteiger partial charge on any atom is -0.390 e. The van der Waals surface area contributed by atoms with Crippen molar-refractivity contribution in [2.75, 3.05) is 13.1 Å². The zero-order valence-corrected chi connectivity index (χ0v) is 21.8. The van der Waals surface area contributed by atoms with Gasteiger partial charge in [-0.15, -0.1) is 0 Å². The molecule has 1 heterocycles. The van der Waals surface area contributed by atoms with Crippen LogP contribution in [-0.2, 0) is 16.0 Å². The molecule has 5 atom stereocenters. The van der Waals surface area contributed by atoms with Crippen molar-refractivity contribution >= 4 is 11.8 Å². The lowest BCUT2D eigenvalue weighted by molar-refractivity contribution is -0.134. The van der Waals surface area contributed by atoms with Gasteiger partial charge in [0, 0.05) is 24.5 Å². The van der Waals surface area contributed by atoms with Crippen molar-refractivity contribution in [2.24, 2.45) is 17.8 Å². The number of benzene rings is 1. The fraction of sp³-hybridized carbons (Fsp3) is 0.724. The monoisotopic (exact) mass is 483 g/mol. The molecule has 35 heavy (non-hydrogen) atoms. The van der Waals surface area contributed by atoms with E-state index in [1.165, 1.54) is 25.7 Å². The number of piperidine rings is 1. The molecule has 0 bridgehead atoms. The van der Waals surface area contributed by atoms with Crippen molar-refractivity contribution in [1.29, 1.82) is 0 Å². The Bertz CT molecular complexity index is 848. The summed E-state index contributed by atoms with van der Waals surface area (Å²) in [6, 6.07) is 9.45. The van der Waals surface area contributed by atoms with E-state index in [-0.39, 0.29) is 35.4 Å². The van der Waals surface area contributed by atoms with Gasteiger partial charge in [0.25, 0.3) is 0 Å². The number of hydrogen-bond donors (Lipinski definition) is 3. The van der Waals surface area contributed by atoms with E-state index in [1.807, 2.05) is 51.1 Å². The highest BCUT2D eigenvalue weighted by molar-refractivity contribution is 5.82. The van der Waals surface area contributed by atoms with Gasteiger partial charge in [0.15, 0.2) is 0 Å². The van der Waals surface area contributed by atoms with Gasteiger partial charge in [-0.2, -0.15) is 0 Å². The Morgan fingerprint density at radius 3 is 2.31 bits per heavy atom. The second-order valence-electron chi connectivity index (χ2n) is 12.2. The Balaban J connectivity index is 1.49. The minimum atomic E-state index is -0.746. The van der Waals surface area contributed by atoms with Crippen LogP contribution in [0.4, 0.5) is 0 Å². The van der Waals surface area contributed by atoms with Crippen molar-refractivity contribution in [2.45, 2.75) is 102 Å². The van der Waals surface area contributed by atoms with Gasteiger partial charge in [-0.25, -0.2) is 0 Å². The van der Waals surface area contributed by atoms with Gasteiger partial charge in [0.1, 0.15) is 0 Å². The molecule has 4 rings (SSSR count). The predicted molar refractivity (Wildman–Crippen MR) is 139 cm³/mol. The number of amides is 2. The summed E-state index contributed by atoms with van der Waals surface area (Å²) in [5, 5.41) is 17.9. The number of fused-ring (bicyclic) bond motifs is 1. The van der Waals surface area contributed by atoms with Crippen LogP contribution in [-0.4, -0.2) is 58.6 Å². The molecule has 2 saturated carbocycles. The smallest absolute Gasteiger partial charge is 0.237 e. The summed E-state index contributed by atoms with van der Waals surface area (Å²) in [6.45, 7) is 7.29. The van der Waals surface area contributed by atoms with Gasteiger partial charge in [0.05, 0.1) is 18.2 Å². The van der Waals surface area contributed by atoms with Crippen molar-refractivity contribution in [3.8, 4) is 0 Å². The van der Waals surface area contributed by atoms with Gasteiger partial charge in [-0.05, 0) is 70.3 Å². The molecule has 194 valence electrons. The van der Waals surface area contributed by atoms with Crippen LogP contribution in [0.1, 0.15) is 77.7 Å². The number of likely N-dealkylation sites (tertiary alicyclic amines) is 1. The molecule has 1 saturated heterocycles. The number of carbonyl (C=O) groups excluding carboxylic acids is 2. The molecule has 0 radical (unpaired) electrons. The zero-order chi connectivity index (χ0) is 25.0. The third-order valence-corrected chi connectivity index (χ3v) is 8.29. The van der Waals surface area contributed by atoms with Gasteiger partial charge in [-0.1, -0.05) is 56.0 Å². The second kappa shape index (κ2) is 11.4. The maximum Gasteiger partial charge on any atom is 0.237 e. The molecule has 6 heteroatoms. The first-order chi connectivity index (χ1) is 16.7. The van der Waals surface area contributed by atoms with Crippen LogP contribution in [0.5, 0.6) is 0 Å². The van der Waals surface area contributed by atoms with Crippen LogP contribution in [0, 0.1) is 17.8 Å². The summed E-state index contributed by atoms with van der Waals surface area (Å²) in [7, 11) is 0. The maximum atomic E-state index is 13.4. The van der Waals surface area contributed by atoms with Crippen molar-refractivity contribution in [1.82, 2.24) is 15.5 Å². The summed E-state index contributed by atoms with van der Waals surface area (Å²) in [5.41, 5.74) is 0.802. The minimum absolute atomic E-state index is 0.0595. The standard InChI is InChI=1S/C29H45N3O3/c1-29(2,3)31-28(35)25-17-22-12-7-8-13-23(22)18-32(25)19-26(33)24(16-20-10-5-4-6-11-20)30-27(34)21-14-9-15-21/h4-6,10-11,21-26,33H,7-9,12-19H2,1-3H3,(H,30,34)(H,31,35)/t22-,23+,24-,25-,26+/m0/s1. The third kappa shape index (κ3) is 7.07. The molecule has 1 aromatic rings. The number of rotatable bonds is 8. The highest BCUT2D eigenvalue weighted by Crippen LogP contribution is 2.39. The Labute approximate surface area is 211 Å². The molecule has 2 aliphatic carbocycles. The first kappa shape index (κ1) is 26.2. The lowest BCUT2D eigenvalue weighted by Gasteiger charge is -2.47. The van der Waals surface area contributed by atoms with Crippen LogP contribution < -0.4 is 10.6 Å². The Morgan fingerprint density at radius 1 is 1.00 bits per heavy atom. The van der Waals surface area contributed by atoms with Gasteiger partial charge in [0.2, 0.25) is 11.8 Å². The number of nitrogens with zero attached hydrogens (tertiary/aromatic N) is 1. The maximum absolute atomic E-state index is 13.4. The molecule has 3 aliphatic rings. The molecule has 2 amide bonds. The lowest BCUT2D eigenvalue weighted by atomic mass is 9.72. The molecule has 3 fully saturated rings. The van der Waals surface area contributed by atoms with E-state index in [0.717, 1.165) is 37.8 Å². The van der Waals surface area contributed by atoms with Gasteiger partial charge < -0.3 is 15.7 Å². The molecular formula is C29H45N3O3. The van der Waals surface area contributed by atoms with E-state index in [1.54, 1.807) is 0 Å². The molecule has 1 aromatic carbocycles. The summed E-state index contributed by atoms with van der Waals surface area (Å²) in [5.74, 6) is 1.37. The highest BCUT2D eigenvalue weighted by Gasteiger charge is 2.42. The molecule has 1 aliphatic heterocycles. The molecule has 0 unspecified atom stereocenters. The van der Waals surface area contributed by atoms with Crippen molar-refractivity contribution in [3.63, 3.8) is 0 Å². The second-order valence-corrected chi connectivity index (χ2v) is 12.2. The Morgan fingerprint density at radius 2 is 1.69 bits per heavy atom. The van der Waals surface area contributed by atoms with E-state index in [4.69, 9.17) is 0 Å². The topological polar surface area (TPSA) is 81.7 Å². The molecule has 6 nitrogen and oxygen atoms in total. The van der Waals surface area contributed by atoms with Crippen LogP contribution in [0.3, 0.4) is 0 Å². The SMILES string of the molecule is CC(C)(C)NC(=O)[C@@H]1C[C@@H]2CCCC[C@@H]2CN1C[C@@H](O)[C@H](Cc1ccccc1)NC(=O)C1CCC1. The van der Waals surface area contributed by atoms with E-state index in [9.17, 15) is 14.7 Å². The average Bonchev–Trinajstić information content (AvgIpc) is 2.76. The first-order valence-corrected chi connectivity index (χ1v) is 13.8. The average molecular weight is 484 g/mol. The molecular weight excluding hydrogens is 438 g/mol. The number of aliphatic hydroxyl groups is 1. The van der Waals surface area contributed by atoms with Crippen LogP contribution in [0.25, 0.3) is 0 Å². The number of β-amino-alcohol motifs (C(OH)–C–C–N with tert-alkyl or cyclic N) is 1. The summed E-state index contributed by atoms with van der Waals surface area (Å²) in [6.07, 6.45) is 8.58. The van der Waals surface area contributed by atoms with Crippen LogP contribution in [0.15, 0.2) is 30.3 Å². The molecule has 0 spiro atoms. The lowest BCUT2D eigenvalue weighted by Crippen LogP contribution is -2.60. The van der Waals surface area contributed by atoms with E-state index in [2.05, 4.69) is 15.5 Å². The third-order valence-electron chi connectivity index (χ3n) is 8.29. The Hall–Kier alpha value is -1.92. The normalized spacial score (nSPS) is 27.3. The van der Waals surface area contributed by atoms with E-state index < -0.39 is 6.10 Å². The van der Waals surface area contributed by atoms with E-state index >= 15 is 0 Å². The largest absolute Gasteiger partial charge is 0.390 e. The fourth-order valence-corrected chi connectivity index (χ4v) is 6.12. The van der Waals surface area contributed by atoms with Crippen LogP contribution in [0.2, 0.25) is 0 Å². The van der Waals surface area contributed by atoms with Crippen LogP contribution >= 0.6 is 0 Å².